The van der Waals surface area contributed by atoms with E-state index < -0.39 is 0 Å². The van der Waals surface area contributed by atoms with Gasteiger partial charge in [-0.05, 0) is 63.0 Å². The Labute approximate surface area is 102 Å². The number of nitrogens with one attached hydrogen (secondary N) is 2. The van der Waals surface area contributed by atoms with Crippen molar-refractivity contribution in [3.8, 4) is 0 Å². The summed E-state index contributed by atoms with van der Waals surface area (Å²) in [6.45, 7) is 4.37. The van der Waals surface area contributed by atoms with Gasteiger partial charge in [0.1, 0.15) is 0 Å². The third kappa shape index (κ3) is 3.13. The van der Waals surface area contributed by atoms with Gasteiger partial charge in [0, 0.05) is 16.8 Å². The predicted molar refractivity (Wildman–Crippen MR) is 70.3 cm³/mol. The minimum atomic E-state index is 0.592. The summed E-state index contributed by atoms with van der Waals surface area (Å²) >= 11 is 5.95. The molecule has 1 aromatic carbocycles. The molecule has 0 aliphatic carbocycles. The van der Waals surface area contributed by atoms with Gasteiger partial charge in [0.2, 0.25) is 0 Å². The van der Waals surface area contributed by atoms with Crippen molar-refractivity contribution >= 4 is 17.3 Å². The van der Waals surface area contributed by atoms with Crippen LogP contribution in [0.4, 0.5) is 5.69 Å². The Morgan fingerprint density at radius 1 is 1.31 bits per heavy atom. The van der Waals surface area contributed by atoms with E-state index in [0.717, 1.165) is 18.1 Å². The van der Waals surface area contributed by atoms with Gasteiger partial charge in [0.25, 0.3) is 0 Å². The van der Waals surface area contributed by atoms with Crippen LogP contribution in [0.1, 0.15) is 24.8 Å². The standard InChI is InChI=1S/C13H19ClN2/c1-10-9-11(14)4-5-13(10)16-12-3-2-7-15-8-6-12/h4-5,9,12,15-16H,2-3,6-8H2,1H3. The van der Waals surface area contributed by atoms with Crippen molar-refractivity contribution in [1.29, 1.82) is 0 Å². The summed E-state index contributed by atoms with van der Waals surface area (Å²) < 4.78 is 0. The number of hydrogen-bond donors (Lipinski definition) is 2. The zero-order valence-corrected chi connectivity index (χ0v) is 10.5. The third-order valence-electron chi connectivity index (χ3n) is 3.12. The van der Waals surface area contributed by atoms with Crippen molar-refractivity contribution in [2.75, 3.05) is 18.4 Å². The summed E-state index contributed by atoms with van der Waals surface area (Å²) in [6, 6.07) is 6.63. The Bertz CT molecular complexity index is 344. The monoisotopic (exact) mass is 238 g/mol. The number of aryl methyl sites for hydroxylation is 1. The molecule has 2 rings (SSSR count). The minimum Gasteiger partial charge on any atom is -0.382 e. The first-order valence-corrected chi connectivity index (χ1v) is 6.37. The topological polar surface area (TPSA) is 24.1 Å². The Morgan fingerprint density at radius 2 is 2.19 bits per heavy atom. The fourth-order valence-electron chi connectivity index (χ4n) is 2.17. The van der Waals surface area contributed by atoms with Crippen molar-refractivity contribution < 1.29 is 0 Å². The maximum atomic E-state index is 5.95. The van der Waals surface area contributed by atoms with Gasteiger partial charge in [-0.15, -0.1) is 0 Å². The van der Waals surface area contributed by atoms with Gasteiger partial charge in [-0.2, -0.15) is 0 Å². The van der Waals surface area contributed by atoms with E-state index in [2.05, 4.69) is 23.6 Å². The predicted octanol–water partition coefficient (Wildman–Crippen LogP) is 3.20. The van der Waals surface area contributed by atoms with Crippen molar-refractivity contribution in [2.24, 2.45) is 0 Å². The van der Waals surface area contributed by atoms with Crippen LogP contribution in [0.5, 0.6) is 0 Å². The fraction of sp³-hybridized carbons (Fsp3) is 0.538. The second-order valence-corrected chi connectivity index (χ2v) is 4.92. The Kier molecular flexibility index (Phi) is 4.08. The largest absolute Gasteiger partial charge is 0.382 e. The van der Waals surface area contributed by atoms with Crippen molar-refractivity contribution in [3.63, 3.8) is 0 Å². The van der Waals surface area contributed by atoms with Gasteiger partial charge in [-0.3, -0.25) is 0 Å². The lowest BCUT2D eigenvalue weighted by Crippen LogP contribution is -2.21. The highest BCUT2D eigenvalue weighted by molar-refractivity contribution is 6.30. The maximum absolute atomic E-state index is 5.95. The number of halogens is 1. The van der Waals surface area contributed by atoms with E-state index in [1.807, 2.05) is 12.1 Å². The lowest BCUT2D eigenvalue weighted by molar-refractivity contribution is 0.637. The van der Waals surface area contributed by atoms with E-state index in [9.17, 15) is 0 Å². The third-order valence-corrected chi connectivity index (χ3v) is 3.36. The van der Waals surface area contributed by atoms with Gasteiger partial charge < -0.3 is 10.6 Å². The first-order chi connectivity index (χ1) is 7.75. The molecule has 1 unspecified atom stereocenters. The van der Waals surface area contributed by atoms with Crippen molar-refractivity contribution in [3.05, 3.63) is 28.8 Å². The highest BCUT2D eigenvalue weighted by Gasteiger charge is 2.12. The average molecular weight is 239 g/mol. The normalized spacial score (nSPS) is 21.5. The van der Waals surface area contributed by atoms with E-state index >= 15 is 0 Å². The highest BCUT2D eigenvalue weighted by atomic mass is 35.5. The lowest BCUT2D eigenvalue weighted by Gasteiger charge is -2.19. The molecule has 88 valence electrons. The average Bonchev–Trinajstić information content (AvgIpc) is 2.51. The Morgan fingerprint density at radius 3 is 3.00 bits per heavy atom. The van der Waals surface area contributed by atoms with Gasteiger partial charge in [-0.1, -0.05) is 11.6 Å². The molecule has 3 heteroatoms. The molecule has 0 saturated carbocycles. The van der Waals surface area contributed by atoms with Crippen molar-refractivity contribution in [1.82, 2.24) is 5.32 Å². The molecule has 0 aromatic heterocycles. The molecule has 0 amide bonds. The maximum Gasteiger partial charge on any atom is 0.0410 e. The molecule has 2 N–H and O–H groups in total. The van der Waals surface area contributed by atoms with E-state index in [0.29, 0.717) is 6.04 Å². The van der Waals surface area contributed by atoms with Crippen LogP contribution in [0.3, 0.4) is 0 Å². The summed E-state index contributed by atoms with van der Waals surface area (Å²) in [6.07, 6.45) is 3.70. The second kappa shape index (κ2) is 5.55. The quantitative estimate of drug-likeness (QED) is 0.827. The van der Waals surface area contributed by atoms with E-state index in [1.54, 1.807) is 0 Å². The lowest BCUT2D eigenvalue weighted by atomic mass is 10.1. The molecule has 0 bridgehead atoms. The van der Waals surface area contributed by atoms with Crippen LogP contribution in [0, 0.1) is 6.92 Å². The molecule has 1 heterocycles. The summed E-state index contributed by atoms with van der Waals surface area (Å²) in [5, 5.41) is 7.85. The first-order valence-electron chi connectivity index (χ1n) is 5.99. The molecule has 1 atom stereocenters. The van der Waals surface area contributed by atoms with E-state index in [4.69, 9.17) is 11.6 Å². The molecule has 0 spiro atoms. The van der Waals surface area contributed by atoms with Gasteiger partial charge in [0.15, 0.2) is 0 Å². The van der Waals surface area contributed by atoms with Crippen molar-refractivity contribution in [2.45, 2.75) is 32.2 Å². The highest BCUT2D eigenvalue weighted by Crippen LogP contribution is 2.22. The summed E-state index contributed by atoms with van der Waals surface area (Å²) in [5.41, 5.74) is 2.45. The number of benzene rings is 1. The molecule has 16 heavy (non-hydrogen) atoms. The molecule has 1 aromatic rings. The van der Waals surface area contributed by atoms with E-state index in [1.165, 1.54) is 30.5 Å². The molecule has 1 aliphatic heterocycles. The second-order valence-electron chi connectivity index (χ2n) is 4.48. The summed E-state index contributed by atoms with van der Waals surface area (Å²) in [5.74, 6) is 0. The van der Waals surface area contributed by atoms with Crippen LogP contribution >= 0.6 is 11.6 Å². The number of anilines is 1. The van der Waals surface area contributed by atoms with Gasteiger partial charge in [0.05, 0.1) is 0 Å². The first kappa shape index (κ1) is 11.7. The van der Waals surface area contributed by atoms with Gasteiger partial charge in [-0.25, -0.2) is 0 Å². The van der Waals surface area contributed by atoms with Crippen LogP contribution in [-0.2, 0) is 0 Å². The van der Waals surface area contributed by atoms with Crippen LogP contribution in [0.25, 0.3) is 0 Å². The summed E-state index contributed by atoms with van der Waals surface area (Å²) in [4.78, 5) is 0. The zero-order valence-electron chi connectivity index (χ0n) is 9.72. The van der Waals surface area contributed by atoms with Crippen LogP contribution < -0.4 is 10.6 Å². The fourth-order valence-corrected chi connectivity index (χ4v) is 2.40. The number of hydrogen-bond acceptors (Lipinski definition) is 2. The Balaban J connectivity index is 2.01. The Hall–Kier alpha value is -0.730. The molecule has 1 fully saturated rings. The number of rotatable bonds is 2. The molecular formula is C13H19ClN2. The van der Waals surface area contributed by atoms with Gasteiger partial charge >= 0.3 is 0 Å². The van der Waals surface area contributed by atoms with Crippen LogP contribution in [-0.4, -0.2) is 19.1 Å². The SMILES string of the molecule is Cc1cc(Cl)ccc1NC1CCCNCC1. The minimum absolute atomic E-state index is 0.592. The molecule has 1 aliphatic rings. The van der Waals surface area contributed by atoms with Crippen LogP contribution in [0.2, 0.25) is 5.02 Å². The molecule has 0 radical (unpaired) electrons. The molecule has 2 nitrogen and oxygen atoms in total. The summed E-state index contributed by atoms with van der Waals surface area (Å²) in [7, 11) is 0. The molecule has 1 saturated heterocycles. The van der Waals surface area contributed by atoms with E-state index in [-0.39, 0.29) is 0 Å². The zero-order chi connectivity index (χ0) is 11.4. The van der Waals surface area contributed by atoms with Crippen LogP contribution in [0.15, 0.2) is 18.2 Å². The molecular weight excluding hydrogens is 220 g/mol. The smallest absolute Gasteiger partial charge is 0.0410 e.